The van der Waals surface area contributed by atoms with Gasteiger partial charge in [-0.05, 0) is 0 Å². The second-order valence-electron chi connectivity index (χ2n) is 23.4. The molecular weight excluding hydrogens is 923 g/mol. The van der Waals surface area contributed by atoms with E-state index in [9.17, 15) is 0 Å². The van der Waals surface area contributed by atoms with Crippen LogP contribution in [-0.2, 0) is 16.2 Å². The molecule has 0 aromatic heterocycles. The molecule has 1 unspecified atom stereocenters. The van der Waals surface area contributed by atoms with E-state index in [1.54, 1.807) is 0 Å². The van der Waals surface area contributed by atoms with Crippen LogP contribution in [0.1, 0.15) is 79.0 Å². The number of ether oxygens (including phenoxy) is 1. The summed E-state index contributed by atoms with van der Waals surface area (Å²) in [5.41, 5.74) is 14.7. The third-order valence-corrected chi connectivity index (χ3v) is 26.4. The summed E-state index contributed by atoms with van der Waals surface area (Å²) in [6.45, 7) is 20.8. The molecule has 4 heterocycles. The molecule has 10 aromatic rings. The Kier molecular flexibility index (Phi) is 8.65. The molecule has 0 aliphatic carbocycles. The SMILES string of the molecule is CC(C)(C)c1ccc(N2c3cc4ccccc4c4[c]3[Ge]3([c]5ccccc5)[c]5c2cc2ccccc2c5N(c2ccc(C(C)(C)C)cc2)c2[c]3c3c(c5ccccc25)Oc2cc(C(C)(C)C)ccc2N34)cc1. The van der Waals surface area contributed by atoms with Gasteiger partial charge in [0, 0.05) is 0 Å². The van der Waals surface area contributed by atoms with Gasteiger partial charge in [-0.15, -0.1) is 0 Å². The fraction of sp³-hybridized carbons (Fsp3) is 0.182. The van der Waals surface area contributed by atoms with Gasteiger partial charge in [-0.2, -0.15) is 0 Å². The van der Waals surface area contributed by atoms with Crippen LogP contribution in [0.3, 0.4) is 0 Å². The first-order valence-corrected chi connectivity index (χ1v) is 29.5. The molecule has 0 fully saturated rings. The molecule has 4 aliphatic heterocycles. The fourth-order valence-corrected chi connectivity index (χ4v) is 24.9. The molecule has 14 rings (SSSR count). The molecule has 0 bridgehead atoms. The van der Waals surface area contributed by atoms with Crippen molar-refractivity contribution in [2.24, 2.45) is 0 Å². The monoisotopic (exact) mass is 981 g/mol. The van der Waals surface area contributed by atoms with E-state index < -0.39 is 13.3 Å². The minimum atomic E-state index is -4.35. The van der Waals surface area contributed by atoms with Crippen molar-refractivity contribution in [2.75, 3.05) is 14.7 Å². The van der Waals surface area contributed by atoms with Crippen molar-refractivity contribution in [1.29, 1.82) is 0 Å². The van der Waals surface area contributed by atoms with Crippen molar-refractivity contribution in [3.8, 4) is 11.5 Å². The fourth-order valence-electron chi connectivity index (χ4n) is 12.7. The Labute approximate surface area is 420 Å². The molecule has 0 amide bonds. The zero-order chi connectivity index (χ0) is 48.5. The minimum absolute atomic E-state index is 0.00264. The Morgan fingerprint density at radius 3 is 1.35 bits per heavy atom. The van der Waals surface area contributed by atoms with Crippen LogP contribution in [0.2, 0.25) is 0 Å². The maximum atomic E-state index is 7.64. The van der Waals surface area contributed by atoms with E-state index in [2.05, 4.69) is 259 Å². The number of hydrogen-bond acceptors (Lipinski definition) is 4. The predicted octanol–water partition coefficient (Wildman–Crippen LogP) is 15.9. The zero-order valence-electron chi connectivity index (χ0n) is 42.1. The molecule has 71 heavy (non-hydrogen) atoms. The van der Waals surface area contributed by atoms with Gasteiger partial charge in [0.25, 0.3) is 0 Å². The molecule has 0 saturated carbocycles. The first kappa shape index (κ1) is 42.6. The quantitative estimate of drug-likeness (QED) is 0.164. The second kappa shape index (κ2) is 14.4. The van der Waals surface area contributed by atoms with E-state index in [1.807, 2.05) is 0 Å². The second-order valence-corrected chi connectivity index (χ2v) is 30.9. The van der Waals surface area contributed by atoms with Crippen LogP contribution in [0.15, 0.2) is 182 Å². The molecule has 0 radical (unpaired) electrons. The first-order valence-electron chi connectivity index (χ1n) is 25.3. The van der Waals surface area contributed by atoms with E-state index in [0.29, 0.717) is 0 Å². The summed E-state index contributed by atoms with van der Waals surface area (Å²) in [4.78, 5) is 8.00. The van der Waals surface area contributed by atoms with Crippen LogP contribution in [0.25, 0.3) is 32.3 Å². The summed E-state index contributed by atoms with van der Waals surface area (Å²) in [7, 11) is 0. The summed E-state index contributed by atoms with van der Waals surface area (Å²) in [6, 6.07) is 70.2. The van der Waals surface area contributed by atoms with Crippen LogP contribution in [0.4, 0.5) is 51.2 Å². The Hall–Kier alpha value is -7.28. The van der Waals surface area contributed by atoms with E-state index in [0.717, 1.165) is 33.9 Å². The standard InChI is InChI=1S/C66H57GeN3O/c1-64(2,3)42-27-32-46(33-28-42)68-53-37-40-19-13-15-23-48(40)59-56(53)67(45-21-11-10-12-22-45)57-54(68)38-41-20-14-16-24-49(41)60(57)70-52-36-31-44(66(7,8)9)39-55(52)71-63-51-26-18-17-25-50(51)61(58(67)62(63)70)69(59)47-34-29-43(30-35-47)65(4,5)6/h10-39H,1-9H3. The molecular formula is C66H57GeN3O. The molecule has 1 atom stereocenters. The summed E-state index contributed by atoms with van der Waals surface area (Å²) < 4.78 is 13.4. The number of anilines is 9. The Morgan fingerprint density at radius 1 is 0.352 bits per heavy atom. The number of rotatable bonds is 3. The van der Waals surface area contributed by atoms with Gasteiger partial charge in [0.1, 0.15) is 0 Å². The number of fused-ring (bicyclic) bond motifs is 10. The Morgan fingerprint density at radius 2 is 0.803 bits per heavy atom. The summed E-state index contributed by atoms with van der Waals surface area (Å²) in [5, 5.41) is 7.26. The summed E-state index contributed by atoms with van der Waals surface area (Å²) in [5.74, 6) is 1.83. The van der Waals surface area contributed by atoms with Gasteiger partial charge >= 0.3 is 423 Å². The van der Waals surface area contributed by atoms with Crippen molar-refractivity contribution < 1.29 is 4.74 Å². The van der Waals surface area contributed by atoms with Gasteiger partial charge in [-0.3, -0.25) is 0 Å². The van der Waals surface area contributed by atoms with E-state index in [4.69, 9.17) is 4.74 Å². The molecule has 0 N–H and O–H groups in total. The van der Waals surface area contributed by atoms with Gasteiger partial charge in [0.15, 0.2) is 0 Å². The van der Waals surface area contributed by atoms with E-state index in [1.165, 1.54) is 95.3 Å². The van der Waals surface area contributed by atoms with Crippen LogP contribution >= 0.6 is 0 Å². The zero-order valence-corrected chi connectivity index (χ0v) is 44.2. The van der Waals surface area contributed by atoms with Crippen LogP contribution < -0.4 is 37.0 Å². The van der Waals surface area contributed by atoms with Crippen molar-refractivity contribution >= 4 is 114 Å². The molecule has 4 aliphatic rings. The molecule has 5 heteroatoms. The van der Waals surface area contributed by atoms with Crippen molar-refractivity contribution in [3.05, 3.63) is 199 Å². The van der Waals surface area contributed by atoms with Gasteiger partial charge in [0.2, 0.25) is 0 Å². The molecule has 10 aromatic carbocycles. The number of benzene rings is 10. The first-order chi connectivity index (χ1) is 34.1. The van der Waals surface area contributed by atoms with Crippen LogP contribution in [-0.4, -0.2) is 13.3 Å². The molecule has 346 valence electrons. The molecule has 0 saturated heterocycles. The van der Waals surface area contributed by atoms with E-state index >= 15 is 0 Å². The maximum absolute atomic E-state index is 7.64. The van der Waals surface area contributed by atoms with Crippen molar-refractivity contribution in [2.45, 2.75) is 78.6 Å². The van der Waals surface area contributed by atoms with Crippen molar-refractivity contribution in [3.63, 3.8) is 0 Å². The third-order valence-electron chi connectivity index (χ3n) is 16.1. The normalized spacial score (nSPS) is 16.3. The Bertz CT molecular complexity index is 3890. The van der Waals surface area contributed by atoms with Gasteiger partial charge in [0.05, 0.1) is 0 Å². The number of hydrogen-bond donors (Lipinski definition) is 0. The molecule has 4 nitrogen and oxygen atoms in total. The summed E-state index contributed by atoms with van der Waals surface area (Å²) >= 11 is -4.35. The van der Waals surface area contributed by atoms with Crippen molar-refractivity contribution in [1.82, 2.24) is 0 Å². The van der Waals surface area contributed by atoms with Gasteiger partial charge in [-0.25, -0.2) is 0 Å². The third kappa shape index (κ3) is 5.74. The van der Waals surface area contributed by atoms with Crippen LogP contribution in [0.5, 0.6) is 11.5 Å². The van der Waals surface area contributed by atoms with Gasteiger partial charge in [-0.1, -0.05) is 0 Å². The van der Waals surface area contributed by atoms with Gasteiger partial charge < -0.3 is 0 Å². The average molecular weight is 981 g/mol. The number of nitrogens with zero attached hydrogens (tertiary/aromatic N) is 3. The Balaban J connectivity index is 1.26. The summed E-state index contributed by atoms with van der Waals surface area (Å²) in [6.07, 6.45) is 0. The predicted molar refractivity (Wildman–Crippen MR) is 303 cm³/mol. The average Bonchev–Trinajstić information content (AvgIpc) is 3.37. The van der Waals surface area contributed by atoms with E-state index in [-0.39, 0.29) is 16.2 Å². The topological polar surface area (TPSA) is 19.0 Å². The van der Waals surface area contributed by atoms with Crippen LogP contribution in [0, 0.1) is 0 Å². The molecule has 0 spiro atoms.